The summed E-state index contributed by atoms with van der Waals surface area (Å²) < 4.78 is 0. The van der Waals surface area contributed by atoms with Gasteiger partial charge in [-0.3, -0.25) is 4.79 Å². The van der Waals surface area contributed by atoms with Crippen molar-refractivity contribution < 1.29 is 4.79 Å². The van der Waals surface area contributed by atoms with E-state index >= 15 is 0 Å². The summed E-state index contributed by atoms with van der Waals surface area (Å²) in [5, 5.41) is 9.69. The summed E-state index contributed by atoms with van der Waals surface area (Å²) in [4.78, 5) is 10.6. The van der Waals surface area contributed by atoms with Crippen molar-refractivity contribution in [1.82, 2.24) is 5.32 Å². The number of hydrogen-bond donors (Lipinski definition) is 2. The summed E-state index contributed by atoms with van der Waals surface area (Å²) in [6.45, 7) is 2.04. The molecule has 0 heterocycles. The maximum Gasteiger partial charge on any atom is 0.217 e. The molecule has 0 aliphatic heterocycles. The number of nitrogens with one attached hydrogen (secondary N) is 2. The monoisotopic (exact) mass is 176 g/mol. The van der Waals surface area contributed by atoms with E-state index in [1.54, 1.807) is 0 Å². The van der Waals surface area contributed by atoms with Crippen LogP contribution in [-0.4, -0.2) is 12.1 Å². The van der Waals surface area contributed by atoms with Gasteiger partial charge in [0, 0.05) is 19.7 Å². The quantitative estimate of drug-likeness (QED) is 0.670. The molecule has 0 aliphatic rings. The van der Waals surface area contributed by atoms with Crippen LogP contribution in [0.2, 0.25) is 0 Å². The standard InChI is InChI=1S/C10H12N2O/c1-8(13)12-7-10-4-2-9(6-11)3-5-10/h2-6,11H,7H2,1H3,(H,12,13). The molecule has 0 aromatic heterocycles. The van der Waals surface area contributed by atoms with Crippen molar-refractivity contribution in [3.8, 4) is 0 Å². The van der Waals surface area contributed by atoms with Crippen LogP contribution in [0.1, 0.15) is 18.1 Å². The lowest BCUT2D eigenvalue weighted by atomic mass is 10.1. The van der Waals surface area contributed by atoms with Crippen LogP contribution in [0.3, 0.4) is 0 Å². The predicted octanol–water partition coefficient (Wildman–Crippen LogP) is 1.32. The van der Waals surface area contributed by atoms with Gasteiger partial charge in [-0.1, -0.05) is 24.3 Å². The minimum atomic E-state index is -0.0314. The van der Waals surface area contributed by atoms with E-state index in [2.05, 4.69) is 5.32 Å². The first kappa shape index (κ1) is 9.45. The summed E-state index contributed by atoms with van der Waals surface area (Å²) in [5.41, 5.74) is 1.91. The highest BCUT2D eigenvalue weighted by Gasteiger charge is 1.93. The van der Waals surface area contributed by atoms with Gasteiger partial charge in [-0.15, -0.1) is 0 Å². The number of carbonyl (C=O) groups excluding carboxylic acids is 1. The Bertz CT molecular complexity index is 303. The first-order valence-corrected chi connectivity index (χ1v) is 4.06. The molecule has 1 amide bonds. The zero-order valence-electron chi connectivity index (χ0n) is 7.50. The van der Waals surface area contributed by atoms with E-state index in [0.717, 1.165) is 11.1 Å². The lowest BCUT2D eigenvalue weighted by molar-refractivity contribution is -0.119. The van der Waals surface area contributed by atoms with E-state index in [1.807, 2.05) is 24.3 Å². The molecule has 3 nitrogen and oxygen atoms in total. The van der Waals surface area contributed by atoms with Gasteiger partial charge >= 0.3 is 0 Å². The van der Waals surface area contributed by atoms with Gasteiger partial charge in [0.2, 0.25) is 5.91 Å². The highest BCUT2D eigenvalue weighted by atomic mass is 16.1. The second-order valence-corrected chi connectivity index (χ2v) is 2.80. The Morgan fingerprint density at radius 3 is 2.54 bits per heavy atom. The Balaban J connectivity index is 2.59. The fourth-order valence-electron chi connectivity index (χ4n) is 0.958. The van der Waals surface area contributed by atoms with Crippen molar-refractivity contribution in [2.24, 2.45) is 0 Å². The molecule has 13 heavy (non-hydrogen) atoms. The number of carbonyl (C=O) groups is 1. The Labute approximate surface area is 77.3 Å². The highest BCUT2D eigenvalue weighted by Crippen LogP contribution is 2.01. The molecule has 68 valence electrons. The second-order valence-electron chi connectivity index (χ2n) is 2.80. The first-order chi connectivity index (χ1) is 6.22. The van der Waals surface area contributed by atoms with Gasteiger partial charge < -0.3 is 10.7 Å². The lowest BCUT2D eigenvalue weighted by Gasteiger charge is -2.01. The van der Waals surface area contributed by atoms with Gasteiger partial charge in [0.15, 0.2) is 0 Å². The Hall–Kier alpha value is -1.64. The van der Waals surface area contributed by atoms with Crippen LogP contribution < -0.4 is 5.32 Å². The third-order valence-corrected chi connectivity index (χ3v) is 1.69. The number of amides is 1. The maximum atomic E-state index is 10.6. The Kier molecular flexibility index (Phi) is 3.20. The third-order valence-electron chi connectivity index (χ3n) is 1.69. The van der Waals surface area contributed by atoms with Gasteiger partial charge in [-0.2, -0.15) is 0 Å². The van der Waals surface area contributed by atoms with E-state index < -0.39 is 0 Å². The average Bonchev–Trinajstić information content (AvgIpc) is 2.15. The fourth-order valence-corrected chi connectivity index (χ4v) is 0.958. The van der Waals surface area contributed by atoms with Gasteiger partial charge in [0.05, 0.1) is 0 Å². The van der Waals surface area contributed by atoms with Gasteiger partial charge in [0.1, 0.15) is 0 Å². The fraction of sp³-hybridized carbons (Fsp3) is 0.200. The zero-order valence-corrected chi connectivity index (χ0v) is 7.50. The molecule has 0 radical (unpaired) electrons. The largest absolute Gasteiger partial charge is 0.352 e. The molecular weight excluding hydrogens is 164 g/mol. The maximum absolute atomic E-state index is 10.6. The molecule has 0 atom stereocenters. The van der Waals surface area contributed by atoms with Crippen molar-refractivity contribution >= 4 is 12.1 Å². The summed E-state index contributed by atoms with van der Waals surface area (Å²) in [5.74, 6) is -0.0314. The van der Waals surface area contributed by atoms with Gasteiger partial charge in [-0.05, 0) is 11.1 Å². The van der Waals surface area contributed by atoms with Crippen LogP contribution in [-0.2, 0) is 11.3 Å². The number of hydrogen-bond acceptors (Lipinski definition) is 2. The average molecular weight is 176 g/mol. The Morgan fingerprint density at radius 2 is 2.08 bits per heavy atom. The number of benzene rings is 1. The third kappa shape index (κ3) is 3.07. The lowest BCUT2D eigenvalue weighted by Crippen LogP contribution is -2.18. The summed E-state index contributed by atoms with van der Waals surface area (Å²) in [7, 11) is 0. The van der Waals surface area contributed by atoms with Crippen molar-refractivity contribution in [3.05, 3.63) is 35.4 Å². The SMILES string of the molecule is CC(=O)NCc1ccc(C=N)cc1. The Morgan fingerprint density at radius 1 is 1.46 bits per heavy atom. The highest BCUT2D eigenvalue weighted by molar-refractivity contribution is 5.76. The molecule has 0 spiro atoms. The first-order valence-electron chi connectivity index (χ1n) is 4.06. The van der Waals surface area contributed by atoms with Crippen LogP contribution in [0.5, 0.6) is 0 Å². The van der Waals surface area contributed by atoms with Crippen molar-refractivity contribution in [1.29, 1.82) is 5.41 Å². The van der Waals surface area contributed by atoms with E-state index in [9.17, 15) is 4.79 Å². The zero-order chi connectivity index (χ0) is 9.68. The second kappa shape index (κ2) is 4.40. The van der Waals surface area contributed by atoms with Crippen molar-refractivity contribution in [3.63, 3.8) is 0 Å². The van der Waals surface area contributed by atoms with E-state index in [4.69, 9.17) is 5.41 Å². The van der Waals surface area contributed by atoms with E-state index in [-0.39, 0.29) is 5.91 Å². The number of rotatable bonds is 3. The van der Waals surface area contributed by atoms with E-state index in [0.29, 0.717) is 6.54 Å². The van der Waals surface area contributed by atoms with Gasteiger partial charge in [-0.25, -0.2) is 0 Å². The summed E-state index contributed by atoms with van der Waals surface area (Å²) in [6, 6.07) is 7.50. The normalized spacial score (nSPS) is 9.31. The van der Waals surface area contributed by atoms with Crippen LogP contribution >= 0.6 is 0 Å². The predicted molar refractivity (Wildman–Crippen MR) is 51.8 cm³/mol. The minimum absolute atomic E-state index is 0.0314. The molecule has 0 saturated carbocycles. The van der Waals surface area contributed by atoms with Crippen molar-refractivity contribution in [2.75, 3.05) is 0 Å². The molecule has 0 bridgehead atoms. The molecule has 0 saturated heterocycles. The molecule has 1 rings (SSSR count). The minimum Gasteiger partial charge on any atom is -0.352 e. The molecule has 0 aliphatic carbocycles. The smallest absolute Gasteiger partial charge is 0.217 e. The van der Waals surface area contributed by atoms with E-state index in [1.165, 1.54) is 13.1 Å². The van der Waals surface area contributed by atoms with Crippen LogP contribution in [0.25, 0.3) is 0 Å². The summed E-state index contributed by atoms with van der Waals surface area (Å²) >= 11 is 0. The molecule has 0 unspecified atom stereocenters. The molecule has 3 heteroatoms. The van der Waals surface area contributed by atoms with Gasteiger partial charge in [0.25, 0.3) is 0 Å². The van der Waals surface area contributed by atoms with Crippen LogP contribution in [0, 0.1) is 5.41 Å². The molecule has 1 aromatic rings. The molecule has 2 N–H and O–H groups in total. The molecule has 0 fully saturated rings. The van der Waals surface area contributed by atoms with Crippen LogP contribution in [0.15, 0.2) is 24.3 Å². The van der Waals surface area contributed by atoms with Crippen LogP contribution in [0.4, 0.5) is 0 Å². The topological polar surface area (TPSA) is 53.0 Å². The van der Waals surface area contributed by atoms with Crippen molar-refractivity contribution in [2.45, 2.75) is 13.5 Å². The molecule has 1 aromatic carbocycles. The molecular formula is C10H12N2O. The summed E-state index contributed by atoms with van der Waals surface area (Å²) in [6.07, 6.45) is 1.29.